The molecular formula is C21H18O4. The number of hydrogen-bond donors (Lipinski definition) is 1. The number of benzene rings is 3. The Hall–Kier alpha value is -3.27. The lowest BCUT2D eigenvalue weighted by Crippen LogP contribution is -2.11. The summed E-state index contributed by atoms with van der Waals surface area (Å²) in [5.41, 5.74) is 1.46. The lowest BCUT2D eigenvalue weighted by Gasteiger charge is -2.13. The van der Waals surface area contributed by atoms with Crippen LogP contribution in [0.15, 0.2) is 78.9 Å². The molecule has 0 spiro atoms. The topological polar surface area (TPSA) is 55.8 Å². The number of carbonyl (C=O) groups is 1. The lowest BCUT2D eigenvalue weighted by molar-refractivity contribution is 0.0691. The third-order valence-electron chi connectivity index (χ3n) is 3.73. The molecule has 3 aromatic carbocycles. The van der Waals surface area contributed by atoms with Gasteiger partial charge in [-0.05, 0) is 24.3 Å². The second-order valence-corrected chi connectivity index (χ2v) is 5.46. The van der Waals surface area contributed by atoms with Gasteiger partial charge in [0.05, 0.1) is 5.56 Å². The summed E-state index contributed by atoms with van der Waals surface area (Å²) in [6, 6.07) is 24.0. The maximum atomic E-state index is 11.8. The van der Waals surface area contributed by atoms with Gasteiger partial charge in [0.1, 0.15) is 24.7 Å². The van der Waals surface area contributed by atoms with Crippen molar-refractivity contribution in [3.05, 3.63) is 95.6 Å². The molecule has 0 bridgehead atoms. The van der Waals surface area contributed by atoms with Gasteiger partial charge in [-0.15, -0.1) is 0 Å². The quantitative estimate of drug-likeness (QED) is 0.689. The summed E-state index contributed by atoms with van der Waals surface area (Å²) >= 11 is 0. The highest BCUT2D eigenvalue weighted by Gasteiger charge is 2.16. The van der Waals surface area contributed by atoms with E-state index < -0.39 is 5.97 Å². The van der Waals surface area contributed by atoms with Crippen LogP contribution in [0.4, 0.5) is 0 Å². The molecule has 4 heteroatoms. The van der Waals surface area contributed by atoms with E-state index in [-0.39, 0.29) is 18.8 Å². The van der Waals surface area contributed by atoms with E-state index in [1.54, 1.807) is 12.1 Å². The molecule has 0 saturated carbocycles. The molecule has 0 atom stereocenters. The molecule has 25 heavy (non-hydrogen) atoms. The average molecular weight is 334 g/mol. The number of aromatic carboxylic acids is 1. The van der Waals surface area contributed by atoms with Crippen LogP contribution in [0.25, 0.3) is 0 Å². The van der Waals surface area contributed by atoms with Crippen molar-refractivity contribution in [2.24, 2.45) is 0 Å². The zero-order valence-electron chi connectivity index (χ0n) is 13.6. The molecule has 0 aliphatic rings. The van der Waals surface area contributed by atoms with Crippen LogP contribution in [0.3, 0.4) is 0 Å². The van der Waals surface area contributed by atoms with Crippen molar-refractivity contribution in [3.8, 4) is 11.5 Å². The first-order chi connectivity index (χ1) is 12.2. The van der Waals surface area contributed by atoms with E-state index in [0.29, 0.717) is 22.6 Å². The molecule has 0 radical (unpaired) electrons. The summed E-state index contributed by atoms with van der Waals surface area (Å²) in [7, 11) is 0. The number of ether oxygens (including phenoxy) is 2. The minimum atomic E-state index is -0.987. The van der Waals surface area contributed by atoms with Crippen LogP contribution in [-0.2, 0) is 13.2 Å². The summed E-state index contributed by atoms with van der Waals surface area (Å²) in [5, 5.41) is 9.63. The predicted molar refractivity (Wildman–Crippen MR) is 94.9 cm³/mol. The molecule has 4 nitrogen and oxygen atoms in total. The number of carboxylic acid groups (broad SMARTS) is 1. The van der Waals surface area contributed by atoms with Gasteiger partial charge in [0.25, 0.3) is 0 Å². The molecule has 0 aromatic heterocycles. The Morgan fingerprint density at radius 2 is 1.12 bits per heavy atom. The zero-order chi connectivity index (χ0) is 17.5. The molecule has 126 valence electrons. The molecular weight excluding hydrogens is 316 g/mol. The number of para-hydroxylation sites is 2. The van der Waals surface area contributed by atoms with Crippen LogP contribution >= 0.6 is 0 Å². The summed E-state index contributed by atoms with van der Waals surface area (Å²) in [5.74, 6) is 0.411. The number of rotatable bonds is 7. The Labute approximate surface area is 146 Å². The van der Waals surface area contributed by atoms with Crippen molar-refractivity contribution >= 4 is 5.97 Å². The second kappa shape index (κ2) is 8.02. The first-order valence-corrected chi connectivity index (χ1v) is 7.94. The monoisotopic (exact) mass is 334 g/mol. The summed E-state index contributed by atoms with van der Waals surface area (Å²) < 4.78 is 11.4. The maximum absolute atomic E-state index is 11.8. The summed E-state index contributed by atoms with van der Waals surface area (Å²) in [6.45, 7) is 0.371. The van der Waals surface area contributed by atoms with Crippen molar-refractivity contribution in [2.45, 2.75) is 13.2 Å². The van der Waals surface area contributed by atoms with E-state index in [0.717, 1.165) is 0 Å². The van der Waals surface area contributed by atoms with Crippen molar-refractivity contribution in [3.63, 3.8) is 0 Å². The molecule has 0 amide bonds. The van der Waals surface area contributed by atoms with Crippen LogP contribution in [0.2, 0.25) is 0 Å². The highest BCUT2D eigenvalue weighted by molar-refractivity contribution is 5.91. The highest BCUT2D eigenvalue weighted by atomic mass is 16.5. The molecule has 0 aliphatic carbocycles. The van der Waals surface area contributed by atoms with Crippen molar-refractivity contribution in [1.29, 1.82) is 0 Å². The van der Waals surface area contributed by atoms with E-state index >= 15 is 0 Å². The Balaban J connectivity index is 1.78. The van der Waals surface area contributed by atoms with E-state index in [2.05, 4.69) is 0 Å². The molecule has 0 aliphatic heterocycles. The molecule has 0 heterocycles. The number of carboxylic acids is 1. The minimum absolute atomic E-state index is 0.185. The van der Waals surface area contributed by atoms with Gasteiger partial charge in [0, 0.05) is 11.1 Å². The van der Waals surface area contributed by atoms with Crippen LogP contribution in [0, 0.1) is 0 Å². The molecule has 3 rings (SSSR count). The Kier molecular flexibility index (Phi) is 5.32. The third kappa shape index (κ3) is 4.38. The first-order valence-electron chi connectivity index (χ1n) is 7.94. The largest absolute Gasteiger partial charge is 0.489 e. The highest BCUT2D eigenvalue weighted by Crippen LogP contribution is 2.20. The Morgan fingerprint density at radius 1 is 0.680 bits per heavy atom. The van der Waals surface area contributed by atoms with E-state index in [1.165, 1.54) is 0 Å². The molecule has 1 N–H and O–H groups in total. The lowest BCUT2D eigenvalue weighted by atomic mass is 10.0. The molecule has 0 unspecified atom stereocenters. The Bertz CT molecular complexity index is 767. The SMILES string of the molecule is O=C(O)c1c(COc2ccccc2)cccc1COc1ccccc1. The predicted octanol–water partition coefficient (Wildman–Crippen LogP) is 4.54. The molecule has 3 aromatic rings. The maximum Gasteiger partial charge on any atom is 0.336 e. The Morgan fingerprint density at radius 3 is 1.52 bits per heavy atom. The zero-order valence-corrected chi connectivity index (χ0v) is 13.6. The van der Waals surface area contributed by atoms with Crippen LogP contribution in [-0.4, -0.2) is 11.1 Å². The van der Waals surface area contributed by atoms with Crippen molar-refractivity contribution in [2.75, 3.05) is 0 Å². The van der Waals surface area contributed by atoms with Gasteiger partial charge < -0.3 is 14.6 Å². The van der Waals surface area contributed by atoms with Crippen molar-refractivity contribution in [1.82, 2.24) is 0 Å². The molecule has 0 fully saturated rings. The van der Waals surface area contributed by atoms with Gasteiger partial charge in [-0.3, -0.25) is 0 Å². The van der Waals surface area contributed by atoms with E-state index in [1.807, 2.05) is 66.7 Å². The van der Waals surface area contributed by atoms with Crippen LogP contribution in [0.5, 0.6) is 11.5 Å². The third-order valence-corrected chi connectivity index (χ3v) is 3.73. The fraction of sp³-hybridized carbons (Fsp3) is 0.0952. The van der Waals surface area contributed by atoms with Crippen molar-refractivity contribution < 1.29 is 19.4 Å². The van der Waals surface area contributed by atoms with Gasteiger partial charge in [0.2, 0.25) is 0 Å². The smallest absolute Gasteiger partial charge is 0.336 e. The van der Waals surface area contributed by atoms with E-state index in [4.69, 9.17) is 9.47 Å². The average Bonchev–Trinajstić information content (AvgIpc) is 2.66. The van der Waals surface area contributed by atoms with Gasteiger partial charge in [-0.25, -0.2) is 4.79 Å². The normalized spacial score (nSPS) is 10.2. The van der Waals surface area contributed by atoms with Gasteiger partial charge >= 0.3 is 5.97 Å². The van der Waals surface area contributed by atoms with Gasteiger partial charge in [0.15, 0.2) is 0 Å². The van der Waals surface area contributed by atoms with E-state index in [9.17, 15) is 9.90 Å². The van der Waals surface area contributed by atoms with Gasteiger partial charge in [-0.2, -0.15) is 0 Å². The standard InChI is InChI=1S/C21H18O4/c22-21(23)20-16(14-24-18-10-3-1-4-11-18)8-7-9-17(20)15-25-19-12-5-2-6-13-19/h1-13H,14-15H2,(H,22,23). The van der Waals surface area contributed by atoms with Gasteiger partial charge in [-0.1, -0.05) is 54.6 Å². The number of hydrogen-bond acceptors (Lipinski definition) is 3. The summed E-state index contributed by atoms with van der Waals surface area (Å²) in [4.78, 5) is 11.8. The minimum Gasteiger partial charge on any atom is -0.489 e. The fourth-order valence-corrected chi connectivity index (χ4v) is 2.52. The first kappa shape index (κ1) is 16.6. The second-order valence-electron chi connectivity index (χ2n) is 5.46. The fourth-order valence-electron chi connectivity index (χ4n) is 2.52. The summed E-state index contributed by atoms with van der Waals surface area (Å²) in [6.07, 6.45) is 0. The van der Waals surface area contributed by atoms with Crippen LogP contribution < -0.4 is 9.47 Å². The van der Waals surface area contributed by atoms with Crippen LogP contribution in [0.1, 0.15) is 21.5 Å². The molecule has 0 saturated heterocycles.